The van der Waals surface area contributed by atoms with Gasteiger partial charge in [0, 0.05) is 31.3 Å². The van der Waals surface area contributed by atoms with Crippen molar-refractivity contribution in [3.05, 3.63) is 23.8 Å². The zero-order chi connectivity index (χ0) is 14.3. The molecule has 0 bridgehead atoms. The minimum atomic E-state index is 0.0668. The van der Waals surface area contributed by atoms with Crippen molar-refractivity contribution in [2.75, 3.05) is 20.8 Å². The van der Waals surface area contributed by atoms with Gasteiger partial charge in [-0.3, -0.25) is 0 Å². The van der Waals surface area contributed by atoms with E-state index in [-0.39, 0.29) is 6.10 Å². The second kappa shape index (κ2) is 8.02. The van der Waals surface area contributed by atoms with Gasteiger partial charge in [-0.05, 0) is 13.0 Å². The summed E-state index contributed by atoms with van der Waals surface area (Å²) in [7, 11) is 3.34. The van der Waals surface area contributed by atoms with Crippen molar-refractivity contribution in [3.63, 3.8) is 0 Å². The van der Waals surface area contributed by atoms with Crippen molar-refractivity contribution in [1.29, 1.82) is 0 Å². The van der Waals surface area contributed by atoms with E-state index in [0.29, 0.717) is 12.6 Å². The Bertz CT molecular complexity index is 380. The average molecular weight is 267 g/mol. The number of methoxy groups -OCH3 is 2. The lowest BCUT2D eigenvalue weighted by Gasteiger charge is -2.17. The van der Waals surface area contributed by atoms with Crippen LogP contribution in [0.5, 0.6) is 11.5 Å². The molecule has 0 aromatic heterocycles. The minimum Gasteiger partial charge on any atom is -0.497 e. The number of ether oxygens (including phenoxy) is 3. The highest BCUT2D eigenvalue weighted by Gasteiger charge is 2.08. The van der Waals surface area contributed by atoms with Gasteiger partial charge in [0.2, 0.25) is 0 Å². The maximum atomic E-state index is 5.82. The van der Waals surface area contributed by atoms with Crippen LogP contribution in [0.25, 0.3) is 0 Å². The van der Waals surface area contributed by atoms with E-state index in [9.17, 15) is 0 Å². The Morgan fingerprint density at radius 1 is 1.16 bits per heavy atom. The van der Waals surface area contributed by atoms with Gasteiger partial charge in [0.1, 0.15) is 18.1 Å². The molecule has 0 aliphatic rings. The predicted octanol–water partition coefficient (Wildman–Crippen LogP) is 2.61. The molecule has 19 heavy (non-hydrogen) atoms. The van der Waals surface area contributed by atoms with Crippen LogP contribution in [-0.4, -0.2) is 33.0 Å². The van der Waals surface area contributed by atoms with Gasteiger partial charge in [-0.15, -0.1) is 0 Å². The third kappa shape index (κ3) is 5.49. The van der Waals surface area contributed by atoms with Crippen LogP contribution < -0.4 is 14.8 Å². The zero-order valence-electron chi connectivity index (χ0n) is 12.5. The van der Waals surface area contributed by atoms with Crippen LogP contribution in [0.3, 0.4) is 0 Å². The molecule has 0 aliphatic heterocycles. The molecular formula is C15H25NO3. The summed E-state index contributed by atoms with van der Waals surface area (Å²) >= 11 is 0. The van der Waals surface area contributed by atoms with Crippen molar-refractivity contribution in [2.45, 2.75) is 39.5 Å². The highest BCUT2D eigenvalue weighted by Crippen LogP contribution is 2.25. The van der Waals surface area contributed by atoms with E-state index in [1.54, 1.807) is 14.2 Å². The second-order valence-electron chi connectivity index (χ2n) is 4.87. The molecule has 0 radical (unpaired) electrons. The standard InChI is InChI=1S/C15H25NO3/c1-11(2)16-9-13-6-7-14(18-5)8-15(13)19-10-12(3)17-4/h6-8,11-12,16H,9-10H2,1-5H3. The van der Waals surface area contributed by atoms with Gasteiger partial charge < -0.3 is 19.5 Å². The first-order valence-electron chi connectivity index (χ1n) is 6.62. The van der Waals surface area contributed by atoms with Crippen molar-refractivity contribution in [1.82, 2.24) is 5.32 Å². The smallest absolute Gasteiger partial charge is 0.127 e. The van der Waals surface area contributed by atoms with Gasteiger partial charge in [0.25, 0.3) is 0 Å². The van der Waals surface area contributed by atoms with E-state index in [1.807, 2.05) is 25.1 Å². The SMILES string of the molecule is COc1ccc(CNC(C)C)c(OCC(C)OC)c1. The molecule has 0 aliphatic carbocycles. The molecule has 0 saturated carbocycles. The molecule has 4 nitrogen and oxygen atoms in total. The first-order valence-corrected chi connectivity index (χ1v) is 6.62. The zero-order valence-corrected chi connectivity index (χ0v) is 12.5. The molecular weight excluding hydrogens is 242 g/mol. The average Bonchev–Trinajstić information content (AvgIpc) is 2.42. The van der Waals surface area contributed by atoms with E-state index in [0.717, 1.165) is 23.6 Å². The third-order valence-corrected chi connectivity index (χ3v) is 2.85. The topological polar surface area (TPSA) is 39.7 Å². The van der Waals surface area contributed by atoms with Gasteiger partial charge in [-0.1, -0.05) is 19.9 Å². The van der Waals surface area contributed by atoms with Crippen LogP contribution in [0, 0.1) is 0 Å². The lowest BCUT2D eigenvalue weighted by atomic mass is 10.2. The van der Waals surface area contributed by atoms with E-state index in [4.69, 9.17) is 14.2 Å². The normalized spacial score (nSPS) is 12.5. The quantitative estimate of drug-likeness (QED) is 0.786. The summed E-state index contributed by atoms with van der Waals surface area (Å²) < 4.78 is 16.3. The number of hydrogen-bond donors (Lipinski definition) is 1. The van der Waals surface area contributed by atoms with Crippen LogP contribution in [0.1, 0.15) is 26.3 Å². The summed E-state index contributed by atoms with van der Waals surface area (Å²) in [6, 6.07) is 6.33. The molecule has 0 amide bonds. The summed E-state index contributed by atoms with van der Waals surface area (Å²) in [5, 5.41) is 3.39. The largest absolute Gasteiger partial charge is 0.497 e. The summed E-state index contributed by atoms with van der Waals surface area (Å²) in [5.41, 5.74) is 1.12. The Hall–Kier alpha value is -1.26. The molecule has 1 aromatic carbocycles. The first-order chi connectivity index (χ1) is 9.06. The Labute approximate surface area is 116 Å². The van der Waals surface area contributed by atoms with Gasteiger partial charge in [0.15, 0.2) is 0 Å². The minimum absolute atomic E-state index is 0.0668. The van der Waals surface area contributed by atoms with Crippen LogP contribution in [0.4, 0.5) is 0 Å². The molecule has 0 saturated heterocycles. The molecule has 0 fully saturated rings. The first kappa shape index (κ1) is 15.8. The third-order valence-electron chi connectivity index (χ3n) is 2.85. The number of hydrogen-bond acceptors (Lipinski definition) is 4. The van der Waals surface area contributed by atoms with E-state index >= 15 is 0 Å². The maximum absolute atomic E-state index is 5.82. The van der Waals surface area contributed by atoms with Gasteiger partial charge in [-0.2, -0.15) is 0 Å². The molecule has 1 atom stereocenters. The monoisotopic (exact) mass is 267 g/mol. The molecule has 108 valence electrons. The van der Waals surface area contributed by atoms with E-state index < -0.39 is 0 Å². The van der Waals surface area contributed by atoms with Crippen molar-refractivity contribution < 1.29 is 14.2 Å². The van der Waals surface area contributed by atoms with Gasteiger partial charge in [-0.25, -0.2) is 0 Å². The molecule has 4 heteroatoms. The summed E-state index contributed by atoms with van der Waals surface area (Å²) in [5.74, 6) is 1.64. The lowest BCUT2D eigenvalue weighted by Crippen LogP contribution is -2.23. The Morgan fingerprint density at radius 3 is 2.47 bits per heavy atom. The summed E-state index contributed by atoms with van der Waals surface area (Å²) in [4.78, 5) is 0. The second-order valence-corrected chi connectivity index (χ2v) is 4.87. The molecule has 1 unspecified atom stereocenters. The highest BCUT2D eigenvalue weighted by molar-refractivity contribution is 5.40. The fourth-order valence-electron chi connectivity index (χ4n) is 1.53. The van der Waals surface area contributed by atoms with Crippen LogP contribution in [0.2, 0.25) is 0 Å². The van der Waals surface area contributed by atoms with Crippen LogP contribution in [0.15, 0.2) is 18.2 Å². The fraction of sp³-hybridized carbons (Fsp3) is 0.600. The number of benzene rings is 1. The molecule has 1 N–H and O–H groups in total. The van der Waals surface area contributed by atoms with Crippen molar-refractivity contribution in [3.8, 4) is 11.5 Å². The van der Waals surface area contributed by atoms with E-state index in [2.05, 4.69) is 19.2 Å². The highest BCUT2D eigenvalue weighted by atomic mass is 16.5. The van der Waals surface area contributed by atoms with Crippen LogP contribution >= 0.6 is 0 Å². The Morgan fingerprint density at radius 2 is 1.89 bits per heavy atom. The summed E-state index contributed by atoms with van der Waals surface area (Å²) in [6.45, 7) is 7.52. The molecule has 1 aromatic rings. The fourth-order valence-corrected chi connectivity index (χ4v) is 1.53. The lowest BCUT2D eigenvalue weighted by molar-refractivity contribution is 0.0711. The van der Waals surface area contributed by atoms with Gasteiger partial charge >= 0.3 is 0 Å². The summed E-state index contributed by atoms with van der Waals surface area (Å²) in [6.07, 6.45) is 0.0668. The molecule has 1 rings (SSSR count). The van der Waals surface area contributed by atoms with Gasteiger partial charge in [0.05, 0.1) is 13.2 Å². The molecule has 0 heterocycles. The maximum Gasteiger partial charge on any atom is 0.127 e. The van der Waals surface area contributed by atoms with E-state index in [1.165, 1.54) is 0 Å². The van der Waals surface area contributed by atoms with Crippen molar-refractivity contribution in [2.24, 2.45) is 0 Å². The van der Waals surface area contributed by atoms with Crippen LogP contribution in [-0.2, 0) is 11.3 Å². The Balaban J connectivity index is 2.76. The predicted molar refractivity (Wildman–Crippen MR) is 76.9 cm³/mol. The number of rotatable bonds is 8. The van der Waals surface area contributed by atoms with Crippen molar-refractivity contribution >= 4 is 0 Å². The molecule has 0 spiro atoms. The number of nitrogens with one attached hydrogen (secondary N) is 1. The Kier molecular flexibility index (Phi) is 6.67.